The Labute approximate surface area is 129 Å². The molecule has 0 saturated carbocycles. The number of hydrogen-bond donors (Lipinski definition) is 2. The van der Waals surface area contributed by atoms with E-state index in [9.17, 15) is 13.5 Å². The van der Waals surface area contributed by atoms with Gasteiger partial charge < -0.3 is 9.84 Å². The van der Waals surface area contributed by atoms with E-state index in [4.69, 9.17) is 4.74 Å². The number of ether oxygens (including phenoxy) is 1. The predicted octanol–water partition coefficient (Wildman–Crippen LogP) is 0.944. The van der Waals surface area contributed by atoms with Crippen LogP contribution in [0.5, 0.6) is 5.75 Å². The van der Waals surface area contributed by atoms with Gasteiger partial charge in [0.2, 0.25) is 9.84 Å². The van der Waals surface area contributed by atoms with Crippen LogP contribution in [-0.4, -0.2) is 47.2 Å². The zero-order chi connectivity index (χ0) is 16.3. The Kier molecular flexibility index (Phi) is 4.82. The Morgan fingerprint density at radius 1 is 1.27 bits per heavy atom. The van der Waals surface area contributed by atoms with Crippen LogP contribution in [0.2, 0.25) is 0 Å². The van der Waals surface area contributed by atoms with Crippen molar-refractivity contribution >= 4 is 9.84 Å². The number of H-pyrrole nitrogens is 1. The van der Waals surface area contributed by atoms with Gasteiger partial charge in [-0.1, -0.05) is 18.2 Å². The van der Waals surface area contributed by atoms with Gasteiger partial charge in [0.05, 0.1) is 5.75 Å². The van der Waals surface area contributed by atoms with Crippen molar-refractivity contribution < 1.29 is 18.3 Å². The molecule has 1 aromatic heterocycles. The molecule has 2 rings (SSSR count). The molecule has 0 radical (unpaired) electrons. The highest BCUT2D eigenvalue weighted by Gasteiger charge is 2.24. The van der Waals surface area contributed by atoms with Gasteiger partial charge in [0.1, 0.15) is 24.3 Å². The van der Waals surface area contributed by atoms with Crippen LogP contribution in [0.15, 0.2) is 23.4 Å². The summed E-state index contributed by atoms with van der Waals surface area (Å²) < 4.78 is 29.6. The first-order valence-corrected chi connectivity index (χ1v) is 8.43. The standard InChI is InChI=1S/C14H19N3O4S/c1-9-5-4-6-10(2)13(9)21-7-12(18)8-22(19,20)14-15-11(3)16-17-14/h4-6,12,18H,7-8H2,1-3H3,(H,15,16,17). The third-order valence-corrected chi connectivity index (χ3v) is 4.66. The molecule has 0 aliphatic heterocycles. The summed E-state index contributed by atoms with van der Waals surface area (Å²) in [5.74, 6) is 0.572. The normalized spacial score (nSPS) is 13.1. The second-order valence-electron chi connectivity index (χ2n) is 5.17. The number of hydrogen-bond acceptors (Lipinski definition) is 6. The smallest absolute Gasteiger partial charge is 0.266 e. The number of rotatable bonds is 6. The van der Waals surface area contributed by atoms with E-state index in [0.717, 1.165) is 11.1 Å². The lowest BCUT2D eigenvalue weighted by Crippen LogP contribution is -2.28. The van der Waals surface area contributed by atoms with E-state index < -0.39 is 21.7 Å². The summed E-state index contributed by atoms with van der Waals surface area (Å²) in [5.41, 5.74) is 1.86. The summed E-state index contributed by atoms with van der Waals surface area (Å²) in [6, 6.07) is 5.69. The van der Waals surface area contributed by atoms with Gasteiger partial charge in [-0.3, -0.25) is 5.10 Å². The highest BCUT2D eigenvalue weighted by molar-refractivity contribution is 7.91. The van der Waals surface area contributed by atoms with Gasteiger partial charge in [0.25, 0.3) is 5.16 Å². The van der Waals surface area contributed by atoms with E-state index >= 15 is 0 Å². The van der Waals surface area contributed by atoms with Gasteiger partial charge in [0, 0.05) is 0 Å². The molecular formula is C14H19N3O4S. The Hall–Kier alpha value is -1.93. The number of nitrogens with zero attached hydrogens (tertiary/aromatic N) is 2. The van der Waals surface area contributed by atoms with E-state index in [1.54, 1.807) is 6.92 Å². The molecule has 7 nitrogen and oxygen atoms in total. The van der Waals surface area contributed by atoms with Crippen molar-refractivity contribution in [2.45, 2.75) is 32.0 Å². The topological polar surface area (TPSA) is 105 Å². The number of aliphatic hydroxyl groups excluding tert-OH is 1. The molecule has 1 atom stereocenters. The molecule has 1 aromatic carbocycles. The van der Waals surface area contributed by atoms with Gasteiger partial charge >= 0.3 is 0 Å². The second kappa shape index (κ2) is 6.45. The van der Waals surface area contributed by atoms with Crippen LogP contribution in [0, 0.1) is 20.8 Å². The quantitative estimate of drug-likeness (QED) is 0.819. The van der Waals surface area contributed by atoms with Crippen LogP contribution < -0.4 is 4.74 Å². The Balaban J connectivity index is 2.00. The zero-order valence-corrected chi connectivity index (χ0v) is 13.5. The van der Waals surface area contributed by atoms with Gasteiger partial charge in [-0.05, 0) is 31.9 Å². The van der Waals surface area contributed by atoms with Crippen LogP contribution in [0.3, 0.4) is 0 Å². The van der Waals surface area contributed by atoms with Gasteiger partial charge in [-0.25, -0.2) is 13.4 Å². The summed E-state index contributed by atoms with van der Waals surface area (Å²) in [5, 5.41) is 15.7. The summed E-state index contributed by atoms with van der Waals surface area (Å²) in [4.78, 5) is 3.78. The van der Waals surface area contributed by atoms with Crippen molar-refractivity contribution in [2.24, 2.45) is 0 Å². The molecule has 0 bridgehead atoms. The van der Waals surface area contributed by atoms with Crippen LogP contribution in [0.4, 0.5) is 0 Å². The van der Waals surface area contributed by atoms with Crippen LogP contribution in [-0.2, 0) is 9.84 Å². The Morgan fingerprint density at radius 3 is 2.45 bits per heavy atom. The summed E-state index contributed by atoms with van der Waals surface area (Å²) in [6.07, 6.45) is -1.16. The molecular weight excluding hydrogens is 306 g/mol. The maximum Gasteiger partial charge on any atom is 0.266 e. The highest BCUT2D eigenvalue weighted by atomic mass is 32.2. The minimum atomic E-state index is -3.75. The molecule has 22 heavy (non-hydrogen) atoms. The van der Waals surface area contributed by atoms with Crippen LogP contribution in [0.1, 0.15) is 17.0 Å². The lowest BCUT2D eigenvalue weighted by molar-refractivity contribution is 0.124. The first-order valence-electron chi connectivity index (χ1n) is 6.78. The molecule has 0 saturated heterocycles. The average Bonchev–Trinajstić information content (AvgIpc) is 2.85. The molecule has 0 amide bonds. The van der Waals surface area contributed by atoms with Crippen molar-refractivity contribution in [1.82, 2.24) is 15.2 Å². The number of sulfone groups is 1. The number of aryl methyl sites for hydroxylation is 3. The predicted molar refractivity (Wildman–Crippen MR) is 80.6 cm³/mol. The first-order chi connectivity index (χ1) is 10.3. The monoisotopic (exact) mass is 325 g/mol. The van der Waals surface area contributed by atoms with Crippen molar-refractivity contribution in [1.29, 1.82) is 0 Å². The summed E-state index contributed by atoms with van der Waals surface area (Å²) in [6.45, 7) is 5.27. The fraction of sp³-hybridized carbons (Fsp3) is 0.429. The minimum Gasteiger partial charge on any atom is -0.490 e. The number of aromatic nitrogens is 3. The molecule has 8 heteroatoms. The van der Waals surface area contributed by atoms with Gasteiger partial charge in [-0.15, -0.1) is 5.10 Å². The van der Waals surface area contributed by atoms with Crippen LogP contribution >= 0.6 is 0 Å². The van der Waals surface area contributed by atoms with Gasteiger partial charge in [-0.2, -0.15) is 0 Å². The SMILES string of the molecule is Cc1nc(S(=O)(=O)CC(O)COc2c(C)cccc2C)n[nH]1. The van der Waals surface area contributed by atoms with Crippen molar-refractivity contribution in [3.05, 3.63) is 35.2 Å². The molecule has 120 valence electrons. The molecule has 0 spiro atoms. The second-order valence-corrected chi connectivity index (χ2v) is 7.10. The number of para-hydroxylation sites is 1. The number of nitrogens with one attached hydrogen (secondary N) is 1. The van der Waals surface area contributed by atoms with Crippen molar-refractivity contribution in [2.75, 3.05) is 12.4 Å². The summed E-state index contributed by atoms with van der Waals surface area (Å²) in [7, 11) is -3.75. The third-order valence-electron chi connectivity index (χ3n) is 3.10. The van der Waals surface area contributed by atoms with Crippen LogP contribution in [0.25, 0.3) is 0 Å². The van der Waals surface area contributed by atoms with E-state index in [1.807, 2.05) is 32.0 Å². The van der Waals surface area contributed by atoms with E-state index in [1.165, 1.54) is 0 Å². The number of aromatic amines is 1. The maximum atomic E-state index is 12.0. The maximum absolute atomic E-state index is 12.0. The molecule has 0 fully saturated rings. The average molecular weight is 325 g/mol. The Bertz CT molecular complexity index is 735. The Morgan fingerprint density at radius 2 is 1.91 bits per heavy atom. The van der Waals surface area contributed by atoms with Crippen molar-refractivity contribution in [3.8, 4) is 5.75 Å². The molecule has 2 N–H and O–H groups in total. The zero-order valence-electron chi connectivity index (χ0n) is 12.7. The summed E-state index contributed by atoms with van der Waals surface area (Å²) >= 11 is 0. The van der Waals surface area contributed by atoms with E-state index in [0.29, 0.717) is 11.6 Å². The van der Waals surface area contributed by atoms with Gasteiger partial charge in [0.15, 0.2) is 0 Å². The lowest BCUT2D eigenvalue weighted by atomic mass is 10.1. The minimum absolute atomic E-state index is 0.117. The van der Waals surface area contributed by atoms with Crippen molar-refractivity contribution in [3.63, 3.8) is 0 Å². The lowest BCUT2D eigenvalue weighted by Gasteiger charge is -2.15. The molecule has 0 aliphatic carbocycles. The fourth-order valence-electron chi connectivity index (χ4n) is 2.04. The highest BCUT2D eigenvalue weighted by Crippen LogP contribution is 2.22. The molecule has 1 heterocycles. The van der Waals surface area contributed by atoms with E-state index in [-0.39, 0.29) is 11.8 Å². The number of aliphatic hydroxyl groups is 1. The third kappa shape index (κ3) is 3.83. The largest absolute Gasteiger partial charge is 0.490 e. The first kappa shape index (κ1) is 16.4. The molecule has 0 aliphatic rings. The molecule has 2 aromatic rings. The molecule has 1 unspecified atom stereocenters. The number of benzene rings is 1. The fourth-order valence-corrected chi connectivity index (χ4v) is 3.26. The van der Waals surface area contributed by atoms with E-state index in [2.05, 4.69) is 15.2 Å².